The quantitative estimate of drug-likeness (QED) is 0.849. The molecule has 0 aliphatic carbocycles. The highest BCUT2D eigenvalue weighted by molar-refractivity contribution is 7.91. The van der Waals surface area contributed by atoms with E-state index in [1.165, 1.54) is 12.1 Å². The number of hydrogen-bond acceptors (Lipinski definition) is 3. The third-order valence-electron chi connectivity index (χ3n) is 3.06. The lowest BCUT2D eigenvalue weighted by molar-refractivity contribution is -0.132. The van der Waals surface area contributed by atoms with Crippen LogP contribution in [-0.2, 0) is 14.6 Å². The summed E-state index contributed by atoms with van der Waals surface area (Å²) in [4.78, 5) is 10.8. The lowest BCUT2D eigenvalue weighted by Gasteiger charge is -2.06. The van der Waals surface area contributed by atoms with Gasteiger partial charge in [-0.1, -0.05) is 42.4 Å². The Morgan fingerprint density at radius 1 is 1.00 bits per heavy atom. The first kappa shape index (κ1) is 16.3. The van der Waals surface area contributed by atoms with Crippen LogP contribution in [0.15, 0.2) is 65.6 Å². The Morgan fingerprint density at radius 3 is 1.91 bits per heavy atom. The first-order valence-corrected chi connectivity index (χ1v) is 8.32. The summed E-state index contributed by atoms with van der Waals surface area (Å²) in [5.74, 6) is -1.93. The molecule has 0 amide bonds. The molecule has 0 spiro atoms. The SMILES string of the molecule is C=C(CS(=O)(=O)c1ccc(-c2ccc(Cl)cc2)cc1)C(=O)O. The van der Waals surface area contributed by atoms with Gasteiger partial charge in [0.15, 0.2) is 9.84 Å². The maximum atomic E-state index is 12.1. The van der Waals surface area contributed by atoms with Gasteiger partial charge in [-0.25, -0.2) is 13.2 Å². The summed E-state index contributed by atoms with van der Waals surface area (Å²) >= 11 is 5.82. The van der Waals surface area contributed by atoms with E-state index >= 15 is 0 Å². The average Bonchev–Trinajstić information content (AvgIpc) is 2.47. The normalized spacial score (nSPS) is 11.1. The van der Waals surface area contributed by atoms with Crippen LogP contribution in [0.5, 0.6) is 0 Å². The second-order valence-electron chi connectivity index (χ2n) is 4.70. The predicted octanol–water partition coefficient (Wildman–Crippen LogP) is 3.42. The van der Waals surface area contributed by atoms with Crippen LogP contribution in [0.3, 0.4) is 0 Å². The van der Waals surface area contributed by atoms with E-state index in [0.29, 0.717) is 5.02 Å². The molecule has 0 saturated carbocycles. The van der Waals surface area contributed by atoms with Gasteiger partial charge in [0.1, 0.15) is 0 Å². The lowest BCUT2D eigenvalue weighted by Crippen LogP contribution is -2.13. The molecule has 2 aromatic carbocycles. The van der Waals surface area contributed by atoms with E-state index in [2.05, 4.69) is 6.58 Å². The van der Waals surface area contributed by atoms with Crippen molar-refractivity contribution in [1.29, 1.82) is 0 Å². The fourth-order valence-electron chi connectivity index (χ4n) is 1.87. The van der Waals surface area contributed by atoms with Gasteiger partial charge in [-0.05, 0) is 35.4 Å². The Balaban J connectivity index is 2.26. The summed E-state index contributed by atoms with van der Waals surface area (Å²) in [5.41, 5.74) is 1.39. The summed E-state index contributed by atoms with van der Waals surface area (Å²) in [5, 5.41) is 9.35. The fraction of sp³-hybridized carbons (Fsp3) is 0.0625. The molecule has 0 unspecified atom stereocenters. The van der Waals surface area contributed by atoms with Gasteiger partial charge >= 0.3 is 5.97 Å². The third-order valence-corrected chi connectivity index (χ3v) is 5.03. The zero-order chi connectivity index (χ0) is 16.3. The van der Waals surface area contributed by atoms with Crippen LogP contribution in [0.2, 0.25) is 5.02 Å². The van der Waals surface area contributed by atoms with Crippen LogP contribution in [0.25, 0.3) is 11.1 Å². The molecule has 0 saturated heterocycles. The highest BCUT2D eigenvalue weighted by Gasteiger charge is 2.19. The standard InChI is InChI=1S/C16H13ClO4S/c1-11(16(18)19)10-22(20,21)15-8-4-13(5-9-15)12-2-6-14(17)7-3-12/h2-9H,1,10H2,(H,18,19). The molecule has 0 heterocycles. The summed E-state index contributed by atoms with van der Waals surface area (Å²) < 4.78 is 24.2. The molecule has 0 aliphatic rings. The van der Waals surface area contributed by atoms with Gasteiger partial charge in [-0.15, -0.1) is 0 Å². The molecule has 0 fully saturated rings. The van der Waals surface area contributed by atoms with Gasteiger partial charge in [0.2, 0.25) is 0 Å². The molecule has 22 heavy (non-hydrogen) atoms. The van der Waals surface area contributed by atoms with E-state index in [1.807, 2.05) is 12.1 Å². The monoisotopic (exact) mass is 336 g/mol. The molecule has 2 rings (SSSR count). The summed E-state index contributed by atoms with van der Waals surface area (Å²) in [6, 6.07) is 13.4. The Bertz CT molecular complexity index is 806. The molecule has 4 nitrogen and oxygen atoms in total. The van der Waals surface area contributed by atoms with Gasteiger partial charge in [0.05, 0.1) is 10.6 Å². The first-order valence-electron chi connectivity index (χ1n) is 6.29. The van der Waals surface area contributed by atoms with Crippen molar-refractivity contribution in [2.24, 2.45) is 0 Å². The second kappa shape index (κ2) is 6.34. The van der Waals surface area contributed by atoms with Crippen molar-refractivity contribution in [2.45, 2.75) is 4.90 Å². The van der Waals surface area contributed by atoms with Gasteiger partial charge in [-0.2, -0.15) is 0 Å². The Morgan fingerprint density at radius 2 is 1.45 bits per heavy atom. The number of carbonyl (C=O) groups is 1. The highest BCUT2D eigenvalue weighted by Crippen LogP contribution is 2.23. The van der Waals surface area contributed by atoms with Crippen molar-refractivity contribution in [3.8, 4) is 11.1 Å². The number of sulfone groups is 1. The molecular weight excluding hydrogens is 324 g/mol. The minimum Gasteiger partial charge on any atom is -0.478 e. The zero-order valence-electron chi connectivity index (χ0n) is 11.5. The van der Waals surface area contributed by atoms with Gasteiger partial charge < -0.3 is 5.11 Å². The maximum absolute atomic E-state index is 12.1. The van der Waals surface area contributed by atoms with Crippen LogP contribution in [-0.4, -0.2) is 25.2 Å². The number of carboxylic acid groups (broad SMARTS) is 1. The van der Waals surface area contributed by atoms with Crippen molar-refractivity contribution in [3.63, 3.8) is 0 Å². The van der Waals surface area contributed by atoms with Crippen LogP contribution >= 0.6 is 11.6 Å². The Hall–Kier alpha value is -2.11. The number of aliphatic carboxylic acids is 1. The largest absolute Gasteiger partial charge is 0.478 e. The number of hydrogen-bond donors (Lipinski definition) is 1. The highest BCUT2D eigenvalue weighted by atomic mass is 35.5. The van der Waals surface area contributed by atoms with E-state index < -0.39 is 21.6 Å². The lowest BCUT2D eigenvalue weighted by atomic mass is 10.1. The zero-order valence-corrected chi connectivity index (χ0v) is 13.1. The molecular formula is C16H13ClO4S. The molecule has 2 aromatic rings. The number of rotatable bonds is 5. The molecule has 6 heteroatoms. The summed E-state index contributed by atoms with van der Waals surface area (Å²) in [6.45, 7) is 3.25. The van der Waals surface area contributed by atoms with E-state index in [4.69, 9.17) is 16.7 Å². The van der Waals surface area contributed by atoms with Gasteiger partial charge in [-0.3, -0.25) is 0 Å². The van der Waals surface area contributed by atoms with Crippen LogP contribution < -0.4 is 0 Å². The summed E-state index contributed by atoms with van der Waals surface area (Å²) in [7, 11) is -3.71. The molecule has 1 N–H and O–H groups in total. The number of carboxylic acids is 1. The molecule has 0 aliphatic heterocycles. The third kappa shape index (κ3) is 3.75. The first-order chi connectivity index (χ1) is 10.3. The van der Waals surface area contributed by atoms with Crippen LogP contribution in [0.1, 0.15) is 0 Å². The van der Waals surface area contributed by atoms with Crippen molar-refractivity contribution < 1.29 is 18.3 Å². The van der Waals surface area contributed by atoms with Gasteiger partial charge in [0, 0.05) is 10.6 Å². The predicted molar refractivity (Wildman–Crippen MR) is 85.7 cm³/mol. The minimum absolute atomic E-state index is 0.0626. The van der Waals surface area contributed by atoms with Crippen LogP contribution in [0.4, 0.5) is 0 Å². The van der Waals surface area contributed by atoms with E-state index in [-0.39, 0.29) is 10.5 Å². The second-order valence-corrected chi connectivity index (χ2v) is 7.13. The maximum Gasteiger partial charge on any atom is 0.332 e. The van der Waals surface area contributed by atoms with Crippen molar-refractivity contribution >= 4 is 27.4 Å². The molecule has 0 atom stereocenters. The number of halogens is 1. The van der Waals surface area contributed by atoms with Crippen molar-refractivity contribution in [1.82, 2.24) is 0 Å². The minimum atomic E-state index is -3.71. The fourth-order valence-corrected chi connectivity index (χ4v) is 3.30. The van der Waals surface area contributed by atoms with E-state index in [0.717, 1.165) is 11.1 Å². The Labute approximate surface area is 133 Å². The summed E-state index contributed by atoms with van der Waals surface area (Å²) in [6.07, 6.45) is 0. The topological polar surface area (TPSA) is 71.4 Å². The average molecular weight is 337 g/mol. The van der Waals surface area contributed by atoms with E-state index in [1.54, 1.807) is 24.3 Å². The van der Waals surface area contributed by atoms with Crippen LogP contribution in [0, 0.1) is 0 Å². The molecule has 0 aromatic heterocycles. The van der Waals surface area contributed by atoms with E-state index in [9.17, 15) is 13.2 Å². The molecule has 0 bridgehead atoms. The van der Waals surface area contributed by atoms with Gasteiger partial charge in [0.25, 0.3) is 0 Å². The molecule has 114 valence electrons. The van der Waals surface area contributed by atoms with Crippen molar-refractivity contribution in [3.05, 3.63) is 65.7 Å². The Kier molecular flexibility index (Phi) is 4.68. The smallest absolute Gasteiger partial charge is 0.332 e. The molecule has 0 radical (unpaired) electrons. The van der Waals surface area contributed by atoms with Crippen molar-refractivity contribution in [2.75, 3.05) is 5.75 Å². The number of benzene rings is 2.